The lowest BCUT2D eigenvalue weighted by Crippen LogP contribution is -2.36. The smallest absolute Gasteiger partial charge is 0.248 e. The molecule has 27 heavy (non-hydrogen) atoms. The quantitative estimate of drug-likeness (QED) is 0.795. The van der Waals surface area contributed by atoms with Gasteiger partial charge < -0.3 is 5.32 Å². The highest BCUT2D eigenvalue weighted by Gasteiger charge is 2.28. The summed E-state index contributed by atoms with van der Waals surface area (Å²) in [6, 6.07) is 12.1. The van der Waals surface area contributed by atoms with Crippen LogP contribution in [0.4, 0.5) is 10.1 Å². The molecule has 1 aliphatic heterocycles. The molecule has 1 heterocycles. The molecule has 2 aromatic rings. The highest BCUT2D eigenvalue weighted by Crippen LogP contribution is 2.26. The molecule has 1 fully saturated rings. The lowest BCUT2D eigenvalue weighted by molar-refractivity contribution is -0.111. The van der Waals surface area contributed by atoms with E-state index in [2.05, 4.69) is 5.32 Å². The fourth-order valence-corrected chi connectivity index (χ4v) is 4.62. The Morgan fingerprint density at radius 2 is 1.67 bits per heavy atom. The number of carbonyl (C=O) groups excluding carboxylic acids is 1. The Bertz CT molecular complexity index is 934. The Morgan fingerprint density at radius 1 is 1.00 bits per heavy atom. The zero-order valence-electron chi connectivity index (χ0n) is 14.8. The summed E-state index contributed by atoms with van der Waals surface area (Å²) < 4.78 is 40.2. The summed E-state index contributed by atoms with van der Waals surface area (Å²) in [6.45, 7) is 0.990. The molecule has 0 spiro atoms. The summed E-state index contributed by atoms with van der Waals surface area (Å²) in [6.07, 6.45) is 5.54. The van der Waals surface area contributed by atoms with Crippen LogP contribution in [0, 0.1) is 5.82 Å². The van der Waals surface area contributed by atoms with Crippen molar-refractivity contribution in [3.05, 3.63) is 66.0 Å². The van der Waals surface area contributed by atoms with Gasteiger partial charge in [-0.15, -0.1) is 0 Å². The monoisotopic (exact) mass is 388 g/mol. The molecule has 1 aliphatic rings. The molecule has 0 aromatic heterocycles. The first-order valence-electron chi connectivity index (χ1n) is 8.80. The second-order valence-corrected chi connectivity index (χ2v) is 8.24. The van der Waals surface area contributed by atoms with E-state index in [0.717, 1.165) is 19.3 Å². The topological polar surface area (TPSA) is 66.5 Å². The second kappa shape index (κ2) is 8.45. The van der Waals surface area contributed by atoms with Crippen molar-refractivity contribution < 1.29 is 17.6 Å². The number of sulfonamides is 1. The molecule has 1 amide bonds. The van der Waals surface area contributed by atoms with Crippen LogP contribution in [0.15, 0.2) is 59.5 Å². The Hall–Kier alpha value is -2.51. The van der Waals surface area contributed by atoms with Crippen molar-refractivity contribution >= 4 is 27.7 Å². The van der Waals surface area contributed by atoms with Gasteiger partial charge in [-0.3, -0.25) is 4.79 Å². The Morgan fingerprint density at radius 3 is 2.37 bits per heavy atom. The maximum atomic E-state index is 12.9. The number of piperidine rings is 1. The molecule has 5 nitrogen and oxygen atoms in total. The van der Waals surface area contributed by atoms with E-state index in [1.807, 2.05) is 0 Å². The Balaban J connectivity index is 1.77. The van der Waals surface area contributed by atoms with Gasteiger partial charge in [0.15, 0.2) is 0 Å². The summed E-state index contributed by atoms with van der Waals surface area (Å²) in [4.78, 5) is 12.3. The minimum atomic E-state index is -3.66. The van der Waals surface area contributed by atoms with E-state index in [0.29, 0.717) is 18.7 Å². The first-order valence-corrected chi connectivity index (χ1v) is 10.2. The molecule has 2 aromatic carbocycles. The number of anilines is 1. The van der Waals surface area contributed by atoms with Gasteiger partial charge >= 0.3 is 0 Å². The second-order valence-electron chi connectivity index (χ2n) is 6.34. The van der Waals surface area contributed by atoms with Crippen molar-refractivity contribution in [2.45, 2.75) is 24.2 Å². The minimum absolute atomic E-state index is 0.0930. The van der Waals surface area contributed by atoms with Crippen LogP contribution in [0.5, 0.6) is 0 Å². The van der Waals surface area contributed by atoms with E-state index >= 15 is 0 Å². The fraction of sp³-hybridized carbons (Fsp3) is 0.250. The molecule has 3 rings (SSSR count). The van der Waals surface area contributed by atoms with Crippen LogP contribution in [-0.4, -0.2) is 31.7 Å². The third-order valence-corrected chi connectivity index (χ3v) is 6.33. The molecule has 1 saturated heterocycles. The van der Waals surface area contributed by atoms with Crippen LogP contribution in [0.25, 0.3) is 6.08 Å². The Kier molecular flexibility index (Phi) is 6.03. The van der Waals surface area contributed by atoms with Crippen molar-refractivity contribution in [3.63, 3.8) is 0 Å². The van der Waals surface area contributed by atoms with E-state index in [-0.39, 0.29) is 16.4 Å². The van der Waals surface area contributed by atoms with Gasteiger partial charge in [-0.25, -0.2) is 12.8 Å². The normalized spacial score (nSPS) is 15.7. The van der Waals surface area contributed by atoms with Gasteiger partial charge in [0.25, 0.3) is 0 Å². The number of halogens is 1. The van der Waals surface area contributed by atoms with Crippen molar-refractivity contribution in [2.24, 2.45) is 0 Å². The fourth-order valence-electron chi connectivity index (χ4n) is 2.96. The van der Waals surface area contributed by atoms with E-state index in [9.17, 15) is 17.6 Å². The van der Waals surface area contributed by atoms with E-state index in [1.54, 1.807) is 30.3 Å². The van der Waals surface area contributed by atoms with Crippen molar-refractivity contribution in [1.29, 1.82) is 0 Å². The summed E-state index contributed by atoms with van der Waals surface area (Å²) >= 11 is 0. The number of amides is 1. The Labute approximate surface area is 158 Å². The van der Waals surface area contributed by atoms with Crippen molar-refractivity contribution in [1.82, 2.24) is 4.31 Å². The lowest BCUT2D eigenvalue weighted by atomic mass is 10.2. The van der Waals surface area contributed by atoms with Gasteiger partial charge in [-0.2, -0.15) is 4.31 Å². The first kappa shape index (κ1) is 19.3. The molecule has 1 N–H and O–H groups in total. The minimum Gasteiger partial charge on any atom is -0.321 e. The molecule has 142 valence electrons. The highest BCUT2D eigenvalue weighted by atomic mass is 32.2. The van der Waals surface area contributed by atoms with E-state index in [1.165, 1.54) is 34.7 Å². The van der Waals surface area contributed by atoms with Crippen LogP contribution >= 0.6 is 0 Å². The third kappa shape index (κ3) is 4.81. The average molecular weight is 388 g/mol. The van der Waals surface area contributed by atoms with Crippen LogP contribution in [0.2, 0.25) is 0 Å². The number of rotatable bonds is 5. The standard InChI is InChI=1S/C20H21FN2O3S/c21-17-11-8-16(9-12-17)10-13-20(24)22-18-6-2-3-7-19(18)27(25,26)23-14-4-1-5-15-23/h2-3,6-13H,1,4-5,14-15H2,(H,22,24). The molecule has 0 radical (unpaired) electrons. The van der Waals surface area contributed by atoms with Crippen molar-refractivity contribution in [2.75, 3.05) is 18.4 Å². The predicted molar refractivity (Wildman–Crippen MR) is 103 cm³/mol. The summed E-state index contributed by atoms with van der Waals surface area (Å²) in [5.41, 5.74) is 0.914. The largest absolute Gasteiger partial charge is 0.321 e. The zero-order valence-corrected chi connectivity index (χ0v) is 15.6. The van der Waals surface area contributed by atoms with Crippen LogP contribution < -0.4 is 5.32 Å². The number of carbonyl (C=O) groups is 1. The number of nitrogens with one attached hydrogen (secondary N) is 1. The van der Waals surface area contributed by atoms with Crippen molar-refractivity contribution in [3.8, 4) is 0 Å². The highest BCUT2D eigenvalue weighted by molar-refractivity contribution is 7.89. The average Bonchev–Trinajstić information content (AvgIpc) is 2.68. The SMILES string of the molecule is O=C(C=Cc1ccc(F)cc1)Nc1ccccc1S(=O)(=O)N1CCCCC1. The van der Waals surface area contributed by atoms with Gasteiger partial charge in [0.2, 0.25) is 15.9 Å². The molecular formula is C20H21FN2O3S. The lowest BCUT2D eigenvalue weighted by Gasteiger charge is -2.26. The number of nitrogens with zero attached hydrogens (tertiary/aromatic N) is 1. The van der Waals surface area contributed by atoms with Crippen LogP contribution in [0.3, 0.4) is 0 Å². The van der Waals surface area contributed by atoms with Gasteiger partial charge in [-0.05, 0) is 48.7 Å². The van der Waals surface area contributed by atoms with Crippen LogP contribution in [-0.2, 0) is 14.8 Å². The molecule has 0 unspecified atom stereocenters. The third-order valence-electron chi connectivity index (χ3n) is 4.37. The van der Waals surface area contributed by atoms with Gasteiger partial charge in [0.1, 0.15) is 10.7 Å². The molecule has 0 atom stereocenters. The van der Waals surface area contributed by atoms with E-state index < -0.39 is 15.9 Å². The number of hydrogen-bond donors (Lipinski definition) is 1. The number of para-hydroxylation sites is 1. The number of benzene rings is 2. The summed E-state index contributed by atoms with van der Waals surface area (Å²) in [7, 11) is -3.66. The predicted octanol–water partition coefficient (Wildman–Crippen LogP) is 3.65. The molecule has 0 bridgehead atoms. The molecule has 7 heteroatoms. The maximum absolute atomic E-state index is 12.9. The maximum Gasteiger partial charge on any atom is 0.248 e. The zero-order chi connectivity index (χ0) is 19.3. The van der Waals surface area contributed by atoms with Gasteiger partial charge in [0, 0.05) is 19.2 Å². The summed E-state index contributed by atoms with van der Waals surface area (Å²) in [5.74, 6) is -0.811. The molecular weight excluding hydrogens is 367 g/mol. The van der Waals surface area contributed by atoms with E-state index in [4.69, 9.17) is 0 Å². The molecule has 0 aliphatic carbocycles. The van der Waals surface area contributed by atoms with Gasteiger partial charge in [0.05, 0.1) is 5.69 Å². The van der Waals surface area contributed by atoms with Crippen LogP contribution in [0.1, 0.15) is 24.8 Å². The summed E-state index contributed by atoms with van der Waals surface area (Å²) in [5, 5.41) is 2.63. The van der Waals surface area contributed by atoms with Gasteiger partial charge in [-0.1, -0.05) is 30.7 Å². The molecule has 0 saturated carbocycles. The first-order chi connectivity index (χ1) is 13.0. The number of hydrogen-bond acceptors (Lipinski definition) is 3.